The largest absolute Gasteiger partial charge is 0.496 e. The second-order valence-corrected chi connectivity index (χ2v) is 15.9. The number of hydrogen-bond donors (Lipinski definition) is 0. The summed E-state index contributed by atoms with van der Waals surface area (Å²) in [7, 11) is 0.552. The molecule has 0 spiro atoms. The molecule has 5 heteroatoms. The first-order valence-electron chi connectivity index (χ1n) is 10.2. The first kappa shape index (κ1) is 21.0. The van der Waals surface area contributed by atoms with E-state index in [4.69, 9.17) is 14.2 Å². The zero-order chi connectivity index (χ0) is 21.1. The minimum absolute atomic E-state index is 0.0217. The molecule has 0 amide bonds. The summed E-state index contributed by atoms with van der Waals surface area (Å²) in [6.45, 7) is 16.2. The van der Waals surface area contributed by atoms with Crippen molar-refractivity contribution in [2.45, 2.75) is 70.5 Å². The van der Waals surface area contributed by atoms with Gasteiger partial charge in [0.15, 0.2) is 11.7 Å². The molecule has 0 saturated carbocycles. The summed E-state index contributed by atoms with van der Waals surface area (Å²) >= 11 is 0. The lowest BCUT2D eigenvalue weighted by Gasteiger charge is -2.39. The molecule has 0 fully saturated rings. The lowest BCUT2D eigenvalue weighted by molar-refractivity contribution is 0.171. The molecule has 3 nitrogen and oxygen atoms in total. The number of benzene rings is 2. The van der Waals surface area contributed by atoms with E-state index in [-0.39, 0.29) is 22.0 Å². The van der Waals surface area contributed by atoms with E-state index in [1.165, 1.54) is 16.2 Å². The maximum Gasteiger partial charge on any atom is 0.162 e. The van der Waals surface area contributed by atoms with Gasteiger partial charge in [-0.3, -0.25) is 0 Å². The summed E-state index contributed by atoms with van der Waals surface area (Å²) < 4.78 is 19.2. The van der Waals surface area contributed by atoms with Gasteiger partial charge in [-0.2, -0.15) is 0 Å². The molecule has 0 aliphatic carbocycles. The molecule has 156 valence electrons. The SMILES string of the molecule is COc1cccc2c1P(C(C)(C)C)[C@@H]([C@H]1Oc3cccc(C)c3P1C(C)(C)C)O2. The molecule has 4 rings (SSSR count). The van der Waals surface area contributed by atoms with Gasteiger partial charge in [-0.05, 0) is 56.8 Å². The summed E-state index contributed by atoms with van der Waals surface area (Å²) in [6.07, 6.45) is 0. The second-order valence-electron chi connectivity index (χ2n) is 9.83. The molecule has 0 bridgehead atoms. The Morgan fingerprint density at radius 2 is 1.24 bits per heavy atom. The van der Waals surface area contributed by atoms with Gasteiger partial charge >= 0.3 is 0 Å². The molecule has 4 atom stereocenters. The van der Waals surface area contributed by atoms with Crippen LogP contribution in [0.4, 0.5) is 0 Å². The smallest absolute Gasteiger partial charge is 0.162 e. The Morgan fingerprint density at radius 1 is 0.759 bits per heavy atom. The zero-order valence-electron chi connectivity index (χ0n) is 18.7. The highest BCUT2D eigenvalue weighted by Gasteiger charge is 2.55. The van der Waals surface area contributed by atoms with Crippen molar-refractivity contribution in [3.63, 3.8) is 0 Å². The normalized spacial score (nSPS) is 25.8. The minimum atomic E-state index is -0.645. The lowest BCUT2D eigenvalue weighted by atomic mass is 10.2. The molecule has 2 unspecified atom stereocenters. The van der Waals surface area contributed by atoms with Crippen LogP contribution in [0, 0.1) is 6.92 Å². The third-order valence-electron chi connectivity index (χ3n) is 5.56. The summed E-state index contributed by atoms with van der Waals surface area (Å²) in [5.74, 6) is 3.02. The second kappa shape index (κ2) is 7.14. The van der Waals surface area contributed by atoms with Crippen LogP contribution in [0.1, 0.15) is 47.1 Å². The van der Waals surface area contributed by atoms with Crippen LogP contribution in [0.2, 0.25) is 0 Å². The van der Waals surface area contributed by atoms with Crippen LogP contribution in [-0.4, -0.2) is 29.1 Å². The third kappa shape index (κ3) is 3.45. The van der Waals surface area contributed by atoms with E-state index in [2.05, 4.69) is 78.8 Å². The fourth-order valence-corrected chi connectivity index (χ4v) is 11.3. The average Bonchev–Trinajstić information content (AvgIpc) is 3.19. The van der Waals surface area contributed by atoms with E-state index in [0.717, 1.165) is 17.2 Å². The van der Waals surface area contributed by atoms with Crippen LogP contribution in [0.15, 0.2) is 36.4 Å². The van der Waals surface area contributed by atoms with Crippen LogP contribution < -0.4 is 24.8 Å². The first-order chi connectivity index (χ1) is 13.5. The van der Waals surface area contributed by atoms with Crippen molar-refractivity contribution >= 4 is 26.5 Å². The Hall–Kier alpha value is -1.30. The van der Waals surface area contributed by atoms with Crippen molar-refractivity contribution in [3.05, 3.63) is 42.0 Å². The van der Waals surface area contributed by atoms with Crippen molar-refractivity contribution in [3.8, 4) is 17.2 Å². The number of fused-ring (bicyclic) bond motifs is 2. The molecule has 0 radical (unpaired) electrons. The Labute approximate surface area is 177 Å². The Balaban J connectivity index is 1.85. The summed E-state index contributed by atoms with van der Waals surface area (Å²) in [4.78, 5) is 0. The third-order valence-corrected chi connectivity index (χ3v) is 12.4. The average molecular weight is 430 g/mol. The Morgan fingerprint density at radius 3 is 1.76 bits per heavy atom. The van der Waals surface area contributed by atoms with Crippen LogP contribution >= 0.6 is 15.8 Å². The van der Waals surface area contributed by atoms with Gasteiger partial charge in [0.1, 0.15) is 17.2 Å². The fourth-order valence-electron chi connectivity index (χ4n) is 4.46. The Bertz CT molecular complexity index is 927. The minimum Gasteiger partial charge on any atom is -0.496 e. The van der Waals surface area contributed by atoms with Gasteiger partial charge in [0.2, 0.25) is 0 Å². The number of ether oxygens (including phenoxy) is 3. The van der Waals surface area contributed by atoms with Gasteiger partial charge < -0.3 is 14.2 Å². The van der Waals surface area contributed by atoms with Gasteiger partial charge in [-0.1, -0.05) is 59.7 Å². The predicted octanol–water partition coefficient (Wildman–Crippen LogP) is 5.95. The molecule has 2 aliphatic rings. The van der Waals surface area contributed by atoms with E-state index < -0.39 is 15.8 Å². The first-order valence-corrected chi connectivity index (χ1v) is 13.0. The van der Waals surface area contributed by atoms with Crippen LogP contribution in [-0.2, 0) is 0 Å². The maximum atomic E-state index is 6.72. The molecule has 0 aromatic heterocycles. The molecular formula is C24H32O3P2. The summed E-state index contributed by atoms with van der Waals surface area (Å²) in [5, 5.41) is 2.86. The van der Waals surface area contributed by atoms with Gasteiger partial charge in [-0.15, -0.1) is 0 Å². The number of hydrogen-bond acceptors (Lipinski definition) is 3. The van der Waals surface area contributed by atoms with E-state index >= 15 is 0 Å². The topological polar surface area (TPSA) is 27.7 Å². The highest BCUT2D eigenvalue weighted by molar-refractivity contribution is 7.72. The maximum absolute atomic E-state index is 6.72. The molecule has 0 saturated heterocycles. The van der Waals surface area contributed by atoms with Gasteiger partial charge in [0.25, 0.3) is 0 Å². The van der Waals surface area contributed by atoms with E-state index in [0.29, 0.717) is 0 Å². The van der Waals surface area contributed by atoms with E-state index in [9.17, 15) is 0 Å². The number of aryl methyl sites for hydroxylation is 1. The van der Waals surface area contributed by atoms with Crippen molar-refractivity contribution in [2.75, 3.05) is 7.11 Å². The monoisotopic (exact) mass is 430 g/mol. The quantitative estimate of drug-likeness (QED) is 0.551. The van der Waals surface area contributed by atoms with Crippen LogP contribution in [0.3, 0.4) is 0 Å². The van der Waals surface area contributed by atoms with Gasteiger partial charge in [0.05, 0.1) is 12.4 Å². The molecule has 2 heterocycles. The van der Waals surface area contributed by atoms with Crippen molar-refractivity contribution in [1.82, 2.24) is 0 Å². The Kier molecular flexibility index (Phi) is 5.16. The molecule has 0 N–H and O–H groups in total. The number of methoxy groups -OCH3 is 1. The van der Waals surface area contributed by atoms with Crippen molar-refractivity contribution < 1.29 is 14.2 Å². The van der Waals surface area contributed by atoms with Crippen LogP contribution in [0.25, 0.3) is 0 Å². The van der Waals surface area contributed by atoms with E-state index in [1.54, 1.807) is 7.11 Å². The fraction of sp³-hybridized carbons (Fsp3) is 0.500. The van der Waals surface area contributed by atoms with Gasteiger partial charge in [-0.25, -0.2) is 0 Å². The highest BCUT2D eigenvalue weighted by Crippen LogP contribution is 2.69. The standard InChI is InChI=1S/C24H32O3P2/c1-15-11-9-13-17-19(15)28(23(2,3)4)21(26-17)22-27-18-14-10-12-16(25-8)20(18)29(22)24(5,6)7/h9-14,21-22H,1-8H3/t21-,22-,28?,29?/m0/s1. The summed E-state index contributed by atoms with van der Waals surface area (Å²) in [6, 6.07) is 12.6. The van der Waals surface area contributed by atoms with Crippen molar-refractivity contribution in [2.24, 2.45) is 0 Å². The molecule has 2 aliphatic heterocycles. The molecular weight excluding hydrogens is 398 g/mol. The highest BCUT2D eigenvalue weighted by atomic mass is 31.1. The summed E-state index contributed by atoms with van der Waals surface area (Å²) in [5.41, 5.74) is 1.33. The van der Waals surface area contributed by atoms with E-state index in [1.807, 2.05) is 6.07 Å². The predicted molar refractivity (Wildman–Crippen MR) is 126 cm³/mol. The molecule has 29 heavy (non-hydrogen) atoms. The lowest BCUT2D eigenvalue weighted by Crippen LogP contribution is -2.38. The number of rotatable bonds is 2. The zero-order valence-corrected chi connectivity index (χ0v) is 20.5. The van der Waals surface area contributed by atoms with Crippen molar-refractivity contribution in [1.29, 1.82) is 0 Å². The van der Waals surface area contributed by atoms with Gasteiger partial charge in [0, 0.05) is 5.30 Å². The van der Waals surface area contributed by atoms with Crippen LogP contribution in [0.5, 0.6) is 17.2 Å². The molecule has 2 aromatic carbocycles. The molecule has 2 aromatic rings.